The third-order valence-corrected chi connectivity index (χ3v) is 6.87. The SMILES string of the molecule is O=C(c1ccc(OCc2cc(OC[C@@H]3CCN3)cnc2Cl)cc1)N1CC[C@@H]1COc1ccc(Cl)nc1. The number of halogens is 2. The number of nitrogens with zero attached hydrogens (tertiary/aromatic N) is 3. The number of ether oxygens (including phenoxy) is 3. The number of likely N-dealkylation sites (tertiary alicyclic amines) is 1. The van der Waals surface area contributed by atoms with E-state index in [9.17, 15) is 4.79 Å². The molecule has 10 heteroatoms. The van der Waals surface area contributed by atoms with Gasteiger partial charge in [0, 0.05) is 23.7 Å². The molecule has 8 nitrogen and oxygen atoms in total. The van der Waals surface area contributed by atoms with E-state index in [1.807, 2.05) is 11.0 Å². The molecule has 1 aromatic carbocycles. The fourth-order valence-corrected chi connectivity index (χ4v) is 4.15. The van der Waals surface area contributed by atoms with E-state index in [4.69, 9.17) is 37.4 Å². The van der Waals surface area contributed by atoms with Gasteiger partial charge in [-0.2, -0.15) is 0 Å². The van der Waals surface area contributed by atoms with Gasteiger partial charge in [0.1, 0.15) is 47.4 Å². The third kappa shape index (κ3) is 6.00. The topological polar surface area (TPSA) is 85.8 Å². The molecule has 3 aromatic rings. The first-order valence-electron chi connectivity index (χ1n) is 11.8. The average molecular weight is 529 g/mol. The van der Waals surface area contributed by atoms with Crippen molar-refractivity contribution in [2.45, 2.75) is 31.5 Å². The number of hydrogen-bond donors (Lipinski definition) is 1. The molecule has 2 aromatic heterocycles. The normalized spacial score (nSPS) is 18.7. The van der Waals surface area contributed by atoms with Crippen molar-refractivity contribution >= 4 is 29.1 Å². The second-order valence-corrected chi connectivity index (χ2v) is 9.50. The van der Waals surface area contributed by atoms with Crippen molar-refractivity contribution < 1.29 is 19.0 Å². The first-order valence-corrected chi connectivity index (χ1v) is 12.6. The van der Waals surface area contributed by atoms with Gasteiger partial charge >= 0.3 is 0 Å². The van der Waals surface area contributed by atoms with Crippen molar-refractivity contribution in [3.63, 3.8) is 0 Å². The van der Waals surface area contributed by atoms with Crippen LogP contribution in [-0.4, -0.2) is 59.2 Å². The summed E-state index contributed by atoms with van der Waals surface area (Å²) in [7, 11) is 0. The molecule has 0 radical (unpaired) electrons. The van der Waals surface area contributed by atoms with Crippen LogP contribution in [0.15, 0.2) is 54.9 Å². The van der Waals surface area contributed by atoms with Gasteiger partial charge in [0.05, 0.1) is 18.4 Å². The molecule has 2 aliphatic rings. The molecule has 0 unspecified atom stereocenters. The van der Waals surface area contributed by atoms with Gasteiger partial charge in [-0.25, -0.2) is 9.97 Å². The quantitative estimate of drug-likeness (QED) is 0.390. The zero-order chi connectivity index (χ0) is 24.9. The number of carbonyl (C=O) groups excluding carboxylic acids is 1. The molecule has 0 spiro atoms. The Kier molecular flexibility index (Phi) is 7.75. The predicted octanol–water partition coefficient (Wildman–Crippen LogP) is 4.40. The van der Waals surface area contributed by atoms with Gasteiger partial charge < -0.3 is 24.4 Å². The summed E-state index contributed by atoms with van der Waals surface area (Å²) >= 11 is 12.0. The molecule has 0 aliphatic carbocycles. The molecular weight excluding hydrogens is 503 g/mol. The summed E-state index contributed by atoms with van der Waals surface area (Å²) in [5.74, 6) is 1.89. The van der Waals surface area contributed by atoms with E-state index in [2.05, 4.69) is 15.3 Å². The molecule has 2 atom stereocenters. The Bertz CT molecular complexity index is 1190. The van der Waals surface area contributed by atoms with Crippen molar-refractivity contribution in [2.24, 2.45) is 0 Å². The Balaban J connectivity index is 1.12. The lowest BCUT2D eigenvalue weighted by atomic mass is 10.0. The Morgan fingerprint density at radius 2 is 1.69 bits per heavy atom. The van der Waals surface area contributed by atoms with Gasteiger partial charge in [0.2, 0.25) is 0 Å². The first-order chi connectivity index (χ1) is 17.5. The molecule has 1 N–H and O–H groups in total. The summed E-state index contributed by atoms with van der Waals surface area (Å²) in [6.07, 6.45) is 5.20. The van der Waals surface area contributed by atoms with Gasteiger partial charge in [-0.05, 0) is 61.9 Å². The van der Waals surface area contributed by atoms with Crippen molar-refractivity contribution in [1.82, 2.24) is 20.2 Å². The number of carbonyl (C=O) groups is 1. The smallest absolute Gasteiger partial charge is 0.254 e. The van der Waals surface area contributed by atoms with Crippen molar-refractivity contribution in [3.05, 3.63) is 76.3 Å². The Labute approximate surface area is 219 Å². The molecule has 1 amide bonds. The standard InChI is InChI=1S/C26H26Cl2N4O4/c27-24-6-5-22(12-30-24)36-16-20-8-10-32(20)26(33)17-1-3-21(4-2-17)34-14-18-11-23(13-31-25(18)28)35-15-19-7-9-29-19/h1-6,11-13,19-20,29H,7-10,14-16H2/t19-,20+/m0/s1. The summed E-state index contributed by atoms with van der Waals surface area (Å²) < 4.78 is 17.4. The van der Waals surface area contributed by atoms with Gasteiger partial charge in [-0.3, -0.25) is 4.79 Å². The molecule has 2 saturated heterocycles. The van der Waals surface area contributed by atoms with Crippen LogP contribution in [0, 0.1) is 0 Å². The average Bonchev–Trinajstić information content (AvgIpc) is 2.84. The minimum atomic E-state index is -0.0336. The number of aromatic nitrogens is 2. The summed E-state index contributed by atoms with van der Waals surface area (Å²) in [6, 6.07) is 12.8. The van der Waals surface area contributed by atoms with Crippen molar-refractivity contribution in [2.75, 3.05) is 26.3 Å². The maximum Gasteiger partial charge on any atom is 0.254 e. The highest BCUT2D eigenvalue weighted by molar-refractivity contribution is 6.30. The lowest BCUT2D eigenvalue weighted by Crippen LogP contribution is -2.53. The number of amides is 1. The maximum absolute atomic E-state index is 13.0. The van der Waals surface area contributed by atoms with Crippen molar-refractivity contribution in [3.8, 4) is 17.2 Å². The molecule has 0 bridgehead atoms. The molecule has 5 rings (SSSR count). The molecular formula is C26H26Cl2N4O4. The monoisotopic (exact) mass is 528 g/mol. The first kappa shape index (κ1) is 24.6. The van der Waals surface area contributed by atoms with Gasteiger partial charge in [-0.15, -0.1) is 0 Å². The molecule has 2 aliphatic heterocycles. The predicted molar refractivity (Wildman–Crippen MR) is 136 cm³/mol. The molecule has 188 valence electrons. The molecule has 2 fully saturated rings. The second kappa shape index (κ2) is 11.3. The van der Waals surface area contributed by atoms with E-state index >= 15 is 0 Å². The number of hydrogen-bond acceptors (Lipinski definition) is 7. The number of benzene rings is 1. The zero-order valence-electron chi connectivity index (χ0n) is 19.5. The van der Waals surface area contributed by atoms with E-state index in [0.717, 1.165) is 24.9 Å². The van der Waals surface area contributed by atoms with E-state index in [1.54, 1.807) is 48.8 Å². The largest absolute Gasteiger partial charge is 0.490 e. The fourth-order valence-electron chi connectivity index (χ4n) is 3.88. The summed E-state index contributed by atoms with van der Waals surface area (Å²) in [4.78, 5) is 23.0. The Morgan fingerprint density at radius 3 is 2.36 bits per heavy atom. The van der Waals surface area contributed by atoms with Crippen LogP contribution < -0.4 is 19.5 Å². The van der Waals surface area contributed by atoms with E-state index < -0.39 is 0 Å². The third-order valence-electron chi connectivity index (χ3n) is 6.31. The van der Waals surface area contributed by atoms with Crippen LogP contribution in [0.5, 0.6) is 17.2 Å². The maximum atomic E-state index is 13.0. The lowest BCUT2D eigenvalue weighted by molar-refractivity contribution is 0.0332. The second-order valence-electron chi connectivity index (χ2n) is 8.75. The van der Waals surface area contributed by atoms with Crippen LogP contribution in [0.2, 0.25) is 10.3 Å². The number of nitrogens with one attached hydrogen (secondary N) is 1. The number of rotatable bonds is 10. The minimum Gasteiger partial charge on any atom is -0.490 e. The summed E-state index contributed by atoms with van der Waals surface area (Å²) in [5.41, 5.74) is 1.33. The number of pyridine rings is 2. The van der Waals surface area contributed by atoms with E-state index in [1.165, 1.54) is 0 Å². The van der Waals surface area contributed by atoms with E-state index in [0.29, 0.717) is 58.9 Å². The van der Waals surface area contributed by atoms with Crippen LogP contribution in [0.1, 0.15) is 28.8 Å². The van der Waals surface area contributed by atoms with Gasteiger partial charge in [0.15, 0.2) is 0 Å². The Hall–Kier alpha value is -3.07. The van der Waals surface area contributed by atoms with Gasteiger partial charge in [0.25, 0.3) is 5.91 Å². The zero-order valence-corrected chi connectivity index (χ0v) is 21.0. The Morgan fingerprint density at radius 1 is 0.944 bits per heavy atom. The molecule has 4 heterocycles. The van der Waals surface area contributed by atoms with Crippen LogP contribution in [-0.2, 0) is 6.61 Å². The minimum absolute atomic E-state index is 0.0216. The van der Waals surface area contributed by atoms with Crippen LogP contribution >= 0.6 is 23.2 Å². The summed E-state index contributed by atoms with van der Waals surface area (Å²) in [6.45, 7) is 2.98. The van der Waals surface area contributed by atoms with E-state index in [-0.39, 0.29) is 18.6 Å². The van der Waals surface area contributed by atoms with Gasteiger partial charge in [-0.1, -0.05) is 23.2 Å². The molecule has 0 saturated carbocycles. The van der Waals surface area contributed by atoms with Crippen LogP contribution in [0.4, 0.5) is 0 Å². The van der Waals surface area contributed by atoms with Crippen LogP contribution in [0.25, 0.3) is 0 Å². The highest BCUT2D eigenvalue weighted by Crippen LogP contribution is 2.25. The van der Waals surface area contributed by atoms with Crippen molar-refractivity contribution in [1.29, 1.82) is 0 Å². The summed E-state index contributed by atoms with van der Waals surface area (Å²) in [5, 5.41) is 4.08. The highest BCUT2D eigenvalue weighted by atomic mass is 35.5. The lowest BCUT2D eigenvalue weighted by Gasteiger charge is -2.40. The highest BCUT2D eigenvalue weighted by Gasteiger charge is 2.33. The fraction of sp³-hybridized carbons (Fsp3) is 0.346. The molecule has 36 heavy (non-hydrogen) atoms. The van der Waals surface area contributed by atoms with Crippen LogP contribution in [0.3, 0.4) is 0 Å².